The summed E-state index contributed by atoms with van der Waals surface area (Å²) in [6.45, 7) is 0. The van der Waals surface area contributed by atoms with E-state index in [0.717, 1.165) is 42.3 Å². The van der Waals surface area contributed by atoms with Gasteiger partial charge in [0.1, 0.15) is 12.7 Å². The van der Waals surface area contributed by atoms with Crippen molar-refractivity contribution in [1.82, 2.24) is 14.8 Å². The fourth-order valence-corrected chi connectivity index (χ4v) is 6.43. The molecule has 2 aromatic rings. The van der Waals surface area contributed by atoms with Crippen LogP contribution in [0.1, 0.15) is 38.5 Å². The average molecular weight is 401 g/mol. The van der Waals surface area contributed by atoms with Gasteiger partial charge >= 0.3 is 0 Å². The fourth-order valence-electron chi connectivity index (χ4n) is 6.03. The zero-order valence-corrected chi connectivity index (χ0v) is 15.6. The van der Waals surface area contributed by atoms with E-state index in [2.05, 4.69) is 31.3 Å². The number of hydrogen-bond donors (Lipinski definition) is 1. The number of anilines is 1. The van der Waals surface area contributed by atoms with Gasteiger partial charge in [0.05, 0.1) is 11.0 Å². The predicted molar refractivity (Wildman–Crippen MR) is 97.9 cm³/mol. The SMILES string of the molecule is O=C(Nc1cccc(Br)c1)C12C[C@@H]3C[C@@H](C1)CC(n1cncn1)(C3)C2. The predicted octanol–water partition coefficient (Wildman–Crippen LogP) is 3.97. The number of halogens is 1. The first-order valence-electron chi connectivity index (χ1n) is 8.99. The molecule has 1 aromatic carbocycles. The normalized spacial score (nSPS) is 35.7. The minimum absolute atomic E-state index is 0.0187. The summed E-state index contributed by atoms with van der Waals surface area (Å²) in [6, 6.07) is 7.85. The molecule has 4 aliphatic rings. The van der Waals surface area contributed by atoms with Crippen LogP contribution in [0.5, 0.6) is 0 Å². The van der Waals surface area contributed by atoms with Crippen LogP contribution in [-0.4, -0.2) is 20.7 Å². The van der Waals surface area contributed by atoms with Crippen molar-refractivity contribution in [3.63, 3.8) is 0 Å². The lowest BCUT2D eigenvalue weighted by atomic mass is 9.46. The van der Waals surface area contributed by atoms with E-state index in [9.17, 15) is 4.79 Å². The number of amides is 1. The van der Waals surface area contributed by atoms with Crippen molar-refractivity contribution in [3.05, 3.63) is 41.4 Å². The van der Waals surface area contributed by atoms with E-state index < -0.39 is 0 Å². The lowest BCUT2D eigenvalue weighted by Crippen LogP contribution is -2.60. The molecule has 4 saturated carbocycles. The Morgan fingerprint density at radius 2 is 2.04 bits per heavy atom. The van der Waals surface area contributed by atoms with Gasteiger partial charge in [0, 0.05) is 10.2 Å². The Hall–Kier alpha value is -1.69. The van der Waals surface area contributed by atoms with E-state index in [1.165, 1.54) is 6.42 Å². The molecular formula is C19H21BrN4O. The molecule has 6 rings (SSSR count). The van der Waals surface area contributed by atoms with Crippen molar-refractivity contribution in [1.29, 1.82) is 0 Å². The Balaban J connectivity index is 1.47. The average Bonchev–Trinajstić information content (AvgIpc) is 3.09. The smallest absolute Gasteiger partial charge is 0.230 e. The van der Waals surface area contributed by atoms with Crippen molar-refractivity contribution in [2.24, 2.45) is 17.3 Å². The molecule has 4 bridgehead atoms. The van der Waals surface area contributed by atoms with Gasteiger partial charge < -0.3 is 5.32 Å². The monoisotopic (exact) mass is 400 g/mol. The maximum Gasteiger partial charge on any atom is 0.230 e. The van der Waals surface area contributed by atoms with Crippen molar-refractivity contribution in [2.45, 2.75) is 44.1 Å². The number of carbonyl (C=O) groups is 1. The molecule has 2 atom stereocenters. The van der Waals surface area contributed by atoms with E-state index in [0.29, 0.717) is 11.8 Å². The van der Waals surface area contributed by atoms with Gasteiger partial charge in [-0.3, -0.25) is 4.79 Å². The molecule has 6 heteroatoms. The number of aromatic nitrogens is 3. The summed E-state index contributed by atoms with van der Waals surface area (Å²) < 4.78 is 3.03. The third-order valence-corrected chi connectivity index (χ3v) is 6.99. The lowest BCUT2D eigenvalue weighted by Gasteiger charge is -2.60. The minimum Gasteiger partial charge on any atom is -0.326 e. The summed E-state index contributed by atoms with van der Waals surface area (Å²) in [5.41, 5.74) is 0.581. The van der Waals surface area contributed by atoms with Gasteiger partial charge in [-0.1, -0.05) is 22.0 Å². The number of rotatable bonds is 3. The van der Waals surface area contributed by atoms with Gasteiger partial charge in [0.2, 0.25) is 5.91 Å². The summed E-state index contributed by atoms with van der Waals surface area (Å²) >= 11 is 3.48. The Kier molecular flexibility index (Phi) is 3.36. The number of carbonyl (C=O) groups excluding carboxylic acids is 1. The molecule has 0 radical (unpaired) electrons. The molecule has 0 aliphatic heterocycles. The Morgan fingerprint density at radius 1 is 1.24 bits per heavy atom. The molecule has 5 nitrogen and oxygen atoms in total. The molecule has 4 fully saturated rings. The Bertz CT molecular complexity index is 805. The molecule has 25 heavy (non-hydrogen) atoms. The van der Waals surface area contributed by atoms with Crippen molar-refractivity contribution < 1.29 is 4.79 Å². The second-order valence-electron chi connectivity index (χ2n) is 8.27. The first-order chi connectivity index (χ1) is 12.1. The molecule has 1 amide bonds. The van der Waals surface area contributed by atoms with Crippen LogP contribution in [0.25, 0.3) is 0 Å². The second-order valence-corrected chi connectivity index (χ2v) is 9.19. The summed E-state index contributed by atoms with van der Waals surface area (Å²) in [5, 5.41) is 7.65. The van der Waals surface area contributed by atoms with Gasteiger partial charge in [0.15, 0.2) is 0 Å². The van der Waals surface area contributed by atoms with Crippen LogP contribution in [0, 0.1) is 17.3 Å². The minimum atomic E-state index is -0.266. The van der Waals surface area contributed by atoms with E-state index in [-0.39, 0.29) is 16.9 Å². The topological polar surface area (TPSA) is 59.8 Å². The lowest BCUT2D eigenvalue weighted by molar-refractivity contribution is -0.150. The number of nitrogens with zero attached hydrogens (tertiary/aromatic N) is 3. The maximum absolute atomic E-state index is 13.3. The third kappa shape index (κ3) is 2.45. The first kappa shape index (κ1) is 15.6. The highest BCUT2D eigenvalue weighted by Crippen LogP contribution is 2.64. The quantitative estimate of drug-likeness (QED) is 0.847. The summed E-state index contributed by atoms with van der Waals surface area (Å²) in [5.74, 6) is 1.43. The zero-order valence-electron chi connectivity index (χ0n) is 14.0. The molecule has 130 valence electrons. The van der Waals surface area contributed by atoms with Gasteiger partial charge in [-0.2, -0.15) is 5.10 Å². The van der Waals surface area contributed by atoms with E-state index in [1.54, 1.807) is 6.33 Å². The Labute approximate surface area is 155 Å². The molecule has 4 aliphatic carbocycles. The van der Waals surface area contributed by atoms with Crippen LogP contribution >= 0.6 is 15.9 Å². The summed E-state index contributed by atoms with van der Waals surface area (Å²) in [6.07, 6.45) is 9.91. The molecular weight excluding hydrogens is 380 g/mol. The Morgan fingerprint density at radius 3 is 2.72 bits per heavy atom. The van der Waals surface area contributed by atoms with Crippen LogP contribution in [-0.2, 0) is 10.3 Å². The number of benzene rings is 1. The number of nitrogens with one attached hydrogen (secondary N) is 1. The molecule has 1 heterocycles. The summed E-state index contributed by atoms with van der Waals surface area (Å²) in [7, 11) is 0. The van der Waals surface area contributed by atoms with E-state index >= 15 is 0 Å². The van der Waals surface area contributed by atoms with E-state index in [4.69, 9.17) is 0 Å². The van der Waals surface area contributed by atoms with Crippen LogP contribution < -0.4 is 5.32 Å². The highest BCUT2D eigenvalue weighted by atomic mass is 79.9. The van der Waals surface area contributed by atoms with Gasteiger partial charge in [-0.05, 0) is 68.6 Å². The molecule has 1 aromatic heterocycles. The van der Waals surface area contributed by atoms with Crippen molar-refractivity contribution >= 4 is 27.5 Å². The van der Waals surface area contributed by atoms with Crippen molar-refractivity contribution in [3.8, 4) is 0 Å². The highest BCUT2D eigenvalue weighted by molar-refractivity contribution is 9.10. The van der Waals surface area contributed by atoms with Crippen LogP contribution in [0.4, 0.5) is 5.69 Å². The van der Waals surface area contributed by atoms with Crippen LogP contribution in [0.15, 0.2) is 41.4 Å². The van der Waals surface area contributed by atoms with Gasteiger partial charge in [0.25, 0.3) is 0 Å². The fraction of sp³-hybridized carbons (Fsp3) is 0.526. The first-order valence-corrected chi connectivity index (χ1v) is 9.78. The van der Waals surface area contributed by atoms with Crippen LogP contribution in [0.3, 0.4) is 0 Å². The van der Waals surface area contributed by atoms with E-state index in [1.807, 2.05) is 35.3 Å². The highest BCUT2D eigenvalue weighted by Gasteiger charge is 2.61. The molecule has 0 saturated heterocycles. The third-order valence-electron chi connectivity index (χ3n) is 6.50. The second kappa shape index (κ2) is 5.40. The van der Waals surface area contributed by atoms with Gasteiger partial charge in [-0.25, -0.2) is 9.67 Å². The van der Waals surface area contributed by atoms with Crippen molar-refractivity contribution in [2.75, 3.05) is 5.32 Å². The molecule has 1 N–H and O–H groups in total. The largest absolute Gasteiger partial charge is 0.326 e. The van der Waals surface area contributed by atoms with Crippen LogP contribution in [0.2, 0.25) is 0 Å². The maximum atomic E-state index is 13.3. The summed E-state index contributed by atoms with van der Waals surface area (Å²) in [4.78, 5) is 17.5. The zero-order chi connectivity index (χ0) is 17.1. The number of hydrogen-bond acceptors (Lipinski definition) is 3. The standard InChI is InChI=1S/C19H21BrN4O/c20-15-2-1-3-16(5-15)23-17(25)18-6-13-4-14(7-18)9-19(8-13,10-18)24-12-21-11-22-24/h1-3,5,11-14H,4,6-10H2,(H,23,25)/t13-,14-,18?,19?/m0/s1. The molecule has 0 spiro atoms. The molecule has 0 unspecified atom stereocenters. The van der Waals surface area contributed by atoms with Gasteiger partial charge in [-0.15, -0.1) is 0 Å².